The summed E-state index contributed by atoms with van der Waals surface area (Å²) < 4.78 is 40.4. The normalized spacial score (nSPS) is 19.0. The van der Waals surface area contributed by atoms with E-state index in [1.54, 1.807) is 36.9 Å². The van der Waals surface area contributed by atoms with E-state index in [1.165, 1.54) is 29.0 Å². The van der Waals surface area contributed by atoms with E-state index in [4.69, 9.17) is 4.84 Å². The molecular formula is C32H46F3N5O6. The Balaban J connectivity index is 1.66. The maximum Gasteiger partial charge on any atom is 0.450 e. The van der Waals surface area contributed by atoms with E-state index in [2.05, 4.69) is 10.6 Å². The predicted molar refractivity (Wildman–Crippen MR) is 163 cm³/mol. The summed E-state index contributed by atoms with van der Waals surface area (Å²) in [5.74, 6) is -6.35. The number of hydrogen-bond donors (Lipinski definition) is 2. The number of urea groups is 1. The molecule has 14 heteroatoms. The Morgan fingerprint density at radius 3 is 2.11 bits per heavy atom. The Kier molecular flexibility index (Phi) is 12.2. The van der Waals surface area contributed by atoms with Gasteiger partial charge in [-0.05, 0) is 64.4 Å². The molecule has 1 aromatic carbocycles. The number of carbonyl (C=O) groups excluding carboxylic acids is 5. The molecule has 0 aromatic heterocycles. The lowest BCUT2D eigenvalue weighted by Crippen LogP contribution is -2.59. The maximum absolute atomic E-state index is 13.7. The first-order valence-corrected chi connectivity index (χ1v) is 15.7. The third-order valence-electron chi connectivity index (χ3n) is 8.02. The Labute approximate surface area is 268 Å². The zero-order valence-electron chi connectivity index (χ0n) is 27.4. The number of nitrogens with zero attached hydrogens (tertiary/aromatic N) is 3. The molecular weight excluding hydrogens is 607 g/mol. The van der Waals surface area contributed by atoms with Gasteiger partial charge in [-0.15, -0.1) is 0 Å². The van der Waals surface area contributed by atoms with Crippen molar-refractivity contribution in [3.63, 3.8) is 0 Å². The second-order valence-corrected chi connectivity index (χ2v) is 13.2. The van der Waals surface area contributed by atoms with Gasteiger partial charge in [0.15, 0.2) is 0 Å². The van der Waals surface area contributed by atoms with Gasteiger partial charge in [0, 0.05) is 26.6 Å². The lowest BCUT2D eigenvalue weighted by atomic mass is 9.93. The summed E-state index contributed by atoms with van der Waals surface area (Å²) in [6.45, 7) is 11.3. The van der Waals surface area contributed by atoms with Crippen LogP contribution < -0.4 is 10.6 Å². The van der Waals surface area contributed by atoms with Crippen LogP contribution >= 0.6 is 0 Å². The first kappa shape index (κ1) is 36.8. The number of likely N-dealkylation sites (tertiary alicyclic amines) is 2. The molecule has 0 aliphatic carbocycles. The van der Waals surface area contributed by atoms with Gasteiger partial charge in [-0.2, -0.15) is 13.2 Å². The summed E-state index contributed by atoms with van der Waals surface area (Å²) in [6, 6.07) is 6.29. The molecule has 3 rings (SSSR count). The van der Waals surface area contributed by atoms with E-state index >= 15 is 0 Å². The molecule has 2 aliphatic rings. The number of ketones is 1. The van der Waals surface area contributed by atoms with Crippen molar-refractivity contribution in [1.29, 1.82) is 0 Å². The molecule has 0 radical (unpaired) electrons. The van der Waals surface area contributed by atoms with E-state index < -0.39 is 60.0 Å². The summed E-state index contributed by atoms with van der Waals surface area (Å²) >= 11 is 0. The van der Waals surface area contributed by atoms with Gasteiger partial charge in [-0.3, -0.25) is 24.0 Å². The van der Waals surface area contributed by atoms with E-state index in [0.717, 1.165) is 0 Å². The standard InChI is InChI=1S/C32H46F3N5O6/c1-20(2)26(37-30(45)38-17-14-23(15-18-38)40(21(3)41)46-31(4,5)6)29(44)39-16-10-13-25(39)36-28(43)24(27(42)32(33,34)35)19-22-11-8-7-9-12-22/h7-9,11-12,20,23-26H,10,13-19H2,1-6H3,(H,36,43)(H,37,45)/t24-,25-,26-/m0/s1. The van der Waals surface area contributed by atoms with Crippen LogP contribution in [0, 0.1) is 11.8 Å². The molecule has 0 unspecified atom stereocenters. The number of hydroxylamine groups is 2. The number of nitrogens with one attached hydrogen (secondary N) is 2. The van der Waals surface area contributed by atoms with Crippen LogP contribution in [0.3, 0.4) is 0 Å². The summed E-state index contributed by atoms with van der Waals surface area (Å²) in [4.78, 5) is 73.4. The second kappa shape index (κ2) is 15.3. The highest BCUT2D eigenvalue weighted by molar-refractivity contribution is 6.04. The topological polar surface area (TPSA) is 128 Å². The second-order valence-electron chi connectivity index (χ2n) is 13.2. The van der Waals surface area contributed by atoms with Crippen molar-refractivity contribution in [2.45, 2.75) is 104 Å². The summed E-state index contributed by atoms with van der Waals surface area (Å²) in [6.07, 6.45) is -4.89. The van der Waals surface area contributed by atoms with Gasteiger partial charge < -0.3 is 20.4 Å². The Morgan fingerprint density at radius 2 is 1.59 bits per heavy atom. The number of alkyl halides is 3. The van der Waals surface area contributed by atoms with Crippen LogP contribution in [-0.2, 0) is 30.4 Å². The fourth-order valence-corrected chi connectivity index (χ4v) is 5.71. The average Bonchev–Trinajstić information content (AvgIpc) is 3.44. The van der Waals surface area contributed by atoms with Crippen molar-refractivity contribution in [3.05, 3.63) is 35.9 Å². The zero-order chi connectivity index (χ0) is 34.4. The Morgan fingerprint density at radius 1 is 0.978 bits per heavy atom. The molecule has 2 heterocycles. The van der Waals surface area contributed by atoms with Crippen molar-refractivity contribution < 1.29 is 42.0 Å². The first-order chi connectivity index (χ1) is 21.4. The SMILES string of the molecule is CC(=O)N(OC(C)(C)C)C1CCN(C(=O)N[C@H](C(=O)N2CCC[C@H]2NC(=O)[C@@H](Cc2ccccc2)C(=O)C(F)(F)F)C(C)C)CC1. The van der Waals surface area contributed by atoms with Crippen LogP contribution in [-0.4, -0.2) is 94.1 Å². The van der Waals surface area contributed by atoms with Crippen LogP contribution in [0.2, 0.25) is 0 Å². The highest BCUT2D eigenvalue weighted by Gasteiger charge is 2.47. The van der Waals surface area contributed by atoms with Gasteiger partial charge in [0.2, 0.25) is 23.5 Å². The van der Waals surface area contributed by atoms with Crippen LogP contribution in [0.4, 0.5) is 18.0 Å². The molecule has 2 aliphatic heterocycles. The smallest absolute Gasteiger partial charge is 0.335 e. The largest absolute Gasteiger partial charge is 0.450 e. The first-order valence-electron chi connectivity index (χ1n) is 15.7. The van der Waals surface area contributed by atoms with Crippen LogP contribution in [0.25, 0.3) is 0 Å². The summed E-state index contributed by atoms with van der Waals surface area (Å²) in [5, 5.41) is 6.68. The lowest BCUT2D eigenvalue weighted by molar-refractivity contribution is -0.244. The molecule has 2 N–H and O–H groups in total. The number of rotatable bonds is 10. The molecule has 0 spiro atoms. The van der Waals surface area contributed by atoms with E-state index in [-0.39, 0.29) is 30.8 Å². The van der Waals surface area contributed by atoms with Crippen molar-refractivity contribution in [3.8, 4) is 0 Å². The number of hydrogen-bond acceptors (Lipinski definition) is 6. The predicted octanol–water partition coefficient (Wildman–Crippen LogP) is 3.82. The molecule has 2 saturated heterocycles. The van der Waals surface area contributed by atoms with Crippen molar-refractivity contribution in [2.75, 3.05) is 19.6 Å². The fourth-order valence-electron chi connectivity index (χ4n) is 5.71. The molecule has 5 amide bonds. The van der Waals surface area contributed by atoms with Gasteiger partial charge in [0.05, 0.1) is 11.6 Å². The molecule has 3 atom stereocenters. The number of piperidine rings is 1. The van der Waals surface area contributed by atoms with E-state index in [0.29, 0.717) is 37.9 Å². The number of carbonyl (C=O) groups is 5. The summed E-state index contributed by atoms with van der Waals surface area (Å²) in [5.41, 5.74) is -0.184. The highest BCUT2D eigenvalue weighted by Crippen LogP contribution is 2.26. The monoisotopic (exact) mass is 653 g/mol. The van der Waals surface area contributed by atoms with Gasteiger partial charge in [-0.25, -0.2) is 9.86 Å². The zero-order valence-corrected chi connectivity index (χ0v) is 27.4. The molecule has 2 fully saturated rings. The molecule has 256 valence electrons. The van der Waals surface area contributed by atoms with Crippen molar-refractivity contribution in [1.82, 2.24) is 25.5 Å². The van der Waals surface area contributed by atoms with Crippen molar-refractivity contribution in [2.24, 2.45) is 11.8 Å². The summed E-state index contributed by atoms with van der Waals surface area (Å²) in [7, 11) is 0. The Hall–Kier alpha value is -3.68. The fraction of sp³-hybridized carbons (Fsp3) is 0.656. The number of amides is 5. The minimum absolute atomic E-state index is 0.216. The van der Waals surface area contributed by atoms with Crippen molar-refractivity contribution >= 4 is 29.5 Å². The molecule has 46 heavy (non-hydrogen) atoms. The van der Waals surface area contributed by atoms with Gasteiger partial charge in [0.25, 0.3) is 0 Å². The molecule has 1 aromatic rings. The van der Waals surface area contributed by atoms with Crippen LogP contribution in [0.1, 0.15) is 72.8 Å². The lowest BCUT2D eigenvalue weighted by Gasteiger charge is -2.40. The minimum atomic E-state index is -5.21. The third kappa shape index (κ3) is 9.91. The van der Waals surface area contributed by atoms with E-state index in [9.17, 15) is 37.1 Å². The van der Waals surface area contributed by atoms with Gasteiger partial charge in [-0.1, -0.05) is 44.2 Å². The minimum Gasteiger partial charge on any atom is -0.335 e. The highest BCUT2D eigenvalue weighted by atomic mass is 19.4. The number of Topliss-reactive ketones (excluding diaryl/α,β-unsaturated/α-hetero) is 1. The van der Waals surface area contributed by atoms with Crippen LogP contribution in [0.15, 0.2) is 30.3 Å². The van der Waals surface area contributed by atoms with Gasteiger partial charge >= 0.3 is 12.2 Å². The average molecular weight is 654 g/mol. The molecule has 0 bridgehead atoms. The van der Waals surface area contributed by atoms with Crippen LogP contribution in [0.5, 0.6) is 0 Å². The number of benzene rings is 1. The van der Waals surface area contributed by atoms with Gasteiger partial charge in [0.1, 0.15) is 18.1 Å². The molecule has 0 saturated carbocycles. The molecule has 11 nitrogen and oxygen atoms in total. The maximum atomic E-state index is 13.7. The number of halogens is 3. The third-order valence-corrected chi connectivity index (χ3v) is 8.02. The Bertz CT molecular complexity index is 1240. The quantitative estimate of drug-likeness (QED) is 0.292. The van der Waals surface area contributed by atoms with E-state index in [1.807, 2.05) is 20.8 Å².